The highest BCUT2D eigenvalue weighted by Crippen LogP contribution is 2.44. The number of piperidine rings is 2. The molecule has 8 heteroatoms. The van der Waals surface area contributed by atoms with E-state index in [9.17, 15) is 14.7 Å². The normalized spacial score (nSPS) is 22.4. The molecule has 3 aliphatic rings. The molecule has 2 saturated heterocycles. The van der Waals surface area contributed by atoms with Crippen molar-refractivity contribution < 1.29 is 19.4 Å². The molecule has 1 saturated carbocycles. The lowest BCUT2D eigenvalue weighted by atomic mass is 9.85. The standard InChI is InChI=1S/C32H37N3O4S/c1-20-7-6-8-26(27-19-40-32(33-27)35-16-23-10-11-24(17-35)28(23)31(37)38)29(20)39-18-25-12-9-22(15-21(25)2)30(36)34-13-4-3-5-14-34/h6-9,12,15,19,23-24,28H,3-5,10-11,13-14,16-18H2,1-2H3,(H,37,38). The number of aryl methyl sites for hydroxylation is 2. The number of fused-ring (bicyclic) bond motifs is 2. The number of thiazole rings is 1. The predicted octanol–water partition coefficient (Wildman–Crippen LogP) is 6.18. The van der Waals surface area contributed by atoms with Crippen LogP contribution in [-0.2, 0) is 11.4 Å². The summed E-state index contributed by atoms with van der Waals surface area (Å²) in [6.45, 7) is 7.70. The lowest BCUT2D eigenvalue weighted by Crippen LogP contribution is -2.44. The van der Waals surface area contributed by atoms with E-state index in [2.05, 4.69) is 16.3 Å². The smallest absolute Gasteiger partial charge is 0.307 e. The fourth-order valence-electron chi connectivity index (χ4n) is 6.78. The molecule has 6 rings (SSSR count). The number of carboxylic acids is 1. The molecule has 7 nitrogen and oxygen atoms in total. The van der Waals surface area contributed by atoms with Crippen LogP contribution in [0.25, 0.3) is 11.3 Å². The average molecular weight is 560 g/mol. The van der Waals surface area contributed by atoms with Crippen molar-refractivity contribution in [2.45, 2.75) is 52.6 Å². The number of hydrogen-bond acceptors (Lipinski definition) is 6. The molecule has 3 heterocycles. The second kappa shape index (κ2) is 11.2. The van der Waals surface area contributed by atoms with Gasteiger partial charge < -0.3 is 19.6 Å². The second-order valence-electron chi connectivity index (χ2n) is 11.6. The van der Waals surface area contributed by atoms with Crippen molar-refractivity contribution in [3.63, 3.8) is 0 Å². The summed E-state index contributed by atoms with van der Waals surface area (Å²) in [6, 6.07) is 12.1. The van der Waals surface area contributed by atoms with E-state index >= 15 is 0 Å². The van der Waals surface area contributed by atoms with Crippen LogP contribution in [0.5, 0.6) is 5.75 Å². The number of benzene rings is 2. The first-order valence-electron chi connectivity index (χ1n) is 14.4. The molecular formula is C32H37N3O4S. The number of aliphatic carboxylic acids is 1. The van der Waals surface area contributed by atoms with E-state index < -0.39 is 5.97 Å². The van der Waals surface area contributed by atoms with Gasteiger partial charge in [0.2, 0.25) is 0 Å². The summed E-state index contributed by atoms with van der Waals surface area (Å²) in [7, 11) is 0. The first-order chi connectivity index (χ1) is 19.4. The van der Waals surface area contributed by atoms with Crippen LogP contribution < -0.4 is 9.64 Å². The molecule has 3 aromatic rings. The van der Waals surface area contributed by atoms with Gasteiger partial charge in [0.05, 0.1) is 11.6 Å². The van der Waals surface area contributed by atoms with Crippen molar-refractivity contribution in [1.29, 1.82) is 0 Å². The fourth-order valence-corrected chi connectivity index (χ4v) is 7.63. The maximum Gasteiger partial charge on any atom is 0.307 e. The Hall–Kier alpha value is -3.39. The molecule has 1 N–H and O–H groups in total. The summed E-state index contributed by atoms with van der Waals surface area (Å²) < 4.78 is 6.44. The molecule has 1 aliphatic carbocycles. The monoisotopic (exact) mass is 559 g/mol. The molecule has 1 amide bonds. The van der Waals surface area contributed by atoms with Crippen LogP contribution in [0.2, 0.25) is 0 Å². The number of anilines is 1. The summed E-state index contributed by atoms with van der Waals surface area (Å²) in [5, 5.41) is 12.7. The van der Waals surface area contributed by atoms with Gasteiger partial charge in [-0.1, -0.05) is 18.2 Å². The molecule has 210 valence electrons. The number of aromatic nitrogens is 1. The first kappa shape index (κ1) is 26.8. The van der Waals surface area contributed by atoms with E-state index in [1.165, 1.54) is 6.42 Å². The van der Waals surface area contributed by atoms with Crippen molar-refractivity contribution >= 4 is 28.3 Å². The Kier molecular flexibility index (Phi) is 7.53. The number of ether oxygens (including phenoxy) is 1. The van der Waals surface area contributed by atoms with E-state index in [1.54, 1.807) is 11.3 Å². The largest absolute Gasteiger partial charge is 0.488 e. The molecule has 3 fully saturated rings. The molecule has 40 heavy (non-hydrogen) atoms. The Bertz CT molecular complexity index is 1400. The third-order valence-electron chi connectivity index (χ3n) is 8.97. The summed E-state index contributed by atoms with van der Waals surface area (Å²) in [6.07, 6.45) is 5.34. The number of hydrogen-bond donors (Lipinski definition) is 1. The number of likely N-dealkylation sites (tertiary alicyclic amines) is 1. The Labute approximate surface area is 239 Å². The van der Waals surface area contributed by atoms with Gasteiger partial charge in [-0.3, -0.25) is 9.59 Å². The molecule has 2 aliphatic heterocycles. The molecule has 2 unspecified atom stereocenters. The van der Waals surface area contributed by atoms with Crippen LogP contribution in [0.1, 0.15) is 59.2 Å². The van der Waals surface area contributed by atoms with E-state index in [0.717, 1.165) is 96.3 Å². The zero-order chi connectivity index (χ0) is 27.8. The lowest BCUT2D eigenvalue weighted by Gasteiger charge is -2.35. The van der Waals surface area contributed by atoms with Crippen LogP contribution >= 0.6 is 11.3 Å². The lowest BCUT2D eigenvalue weighted by molar-refractivity contribution is -0.144. The van der Waals surface area contributed by atoms with Crippen molar-refractivity contribution in [3.8, 4) is 17.0 Å². The Morgan fingerprint density at radius 2 is 1.77 bits per heavy atom. The molecular weight excluding hydrogens is 522 g/mol. The number of carbonyl (C=O) groups is 2. The highest BCUT2D eigenvalue weighted by molar-refractivity contribution is 7.14. The average Bonchev–Trinajstić information content (AvgIpc) is 3.55. The van der Waals surface area contributed by atoms with E-state index in [4.69, 9.17) is 9.72 Å². The van der Waals surface area contributed by atoms with Gasteiger partial charge in [-0.15, -0.1) is 11.3 Å². The highest BCUT2D eigenvalue weighted by Gasteiger charge is 2.46. The molecule has 1 aromatic heterocycles. The van der Waals surface area contributed by atoms with Crippen LogP contribution in [-0.4, -0.2) is 53.0 Å². The number of carbonyl (C=O) groups excluding carboxylic acids is 1. The topological polar surface area (TPSA) is 83.0 Å². The van der Waals surface area contributed by atoms with E-state index in [-0.39, 0.29) is 23.7 Å². The third-order valence-corrected chi connectivity index (χ3v) is 9.88. The maximum absolute atomic E-state index is 12.9. The van der Waals surface area contributed by atoms with Gasteiger partial charge in [0.1, 0.15) is 12.4 Å². The van der Waals surface area contributed by atoms with Crippen molar-refractivity contribution in [2.75, 3.05) is 31.1 Å². The van der Waals surface area contributed by atoms with Gasteiger partial charge in [-0.25, -0.2) is 4.98 Å². The van der Waals surface area contributed by atoms with Crippen molar-refractivity contribution in [3.05, 3.63) is 64.0 Å². The maximum atomic E-state index is 12.9. The van der Waals surface area contributed by atoms with Gasteiger partial charge in [0.25, 0.3) is 5.91 Å². The Morgan fingerprint density at radius 3 is 2.48 bits per heavy atom. The number of amides is 1. The second-order valence-corrected chi connectivity index (χ2v) is 12.5. The molecule has 2 aromatic carbocycles. The minimum Gasteiger partial charge on any atom is -0.488 e. The van der Waals surface area contributed by atoms with Crippen LogP contribution in [0.15, 0.2) is 41.8 Å². The van der Waals surface area contributed by atoms with E-state index in [1.807, 2.05) is 49.1 Å². The van der Waals surface area contributed by atoms with Crippen molar-refractivity contribution in [1.82, 2.24) is 9.88 Å². The molecule has 0 spiro atoms. The Balaban J connectivity index is 1.17. The third kappa shape index (κ3) is 5.21. The van der Waals surface area contributed by atoms with Crippen LogP contribution in [0.4, 0.5) is 5.13 Å². The number of nitrogens with zero attached hydrogens (tertiary/aromatic N) is 3. The highest BCUT2D eigenvalue weighted by atomic mass is 32.1. The summed E-state index contributed by atoms with van der Waals surface area (Å²) >= 11 is 1.62. The van der Waals surface area contributed by atoms with Gasteiger partial charge in [-0.05, 0) is 92.7 Å². The fraction of sp³-hybridized carbons (Fsp3) is 0.469. The zero-order valence-corrected chi connectivity index (χ0v) is 24.1. The number of carboxylic acid groups (broad SMARTS) is 1. The molecule has 2 atom stereocenters. The minimum atomic E-state index is -0.646. The van der Waals surface area contributed by atoms with Gasteiger partial charge in [-0.2, -0.15) is 0 Å². The van der Waals surface area contributed by atoms with Gasteiger partial charge in [0.15, 0.2) is 5.13 Å². The molecule has 0 radical (unpaired) electrons. The molecule has 2 bridgehead atoms. The van der Waals surface area contributed by atoms with Gasteiger partial charge in [0, 0.05) is 42.7 Å². The van der Waals surface area contributed by atoms with Gasteiger partial charge >= 0.3 is 5.97 Å². The SMILES string of the molecule is Cc1cc(C(=O)N2CCCCC2)ccc1COc1c(C)cccc1-c1csc(N2CC3CCC(C2)C3C(=O)O)n1. The zero-order valence-electron chi connectivity index (χ0n) is 23.3. The minimum absolute atomic E-state index is 0.121. The van der Waals surface area contributed by atoms with E-state index in [0.29, 0.717) is 6.61 Å². The number of rotatable bonds is 7. The number of para-hydroxylation sites is 1. The summed E-state index contributed by atoms with van der Waals surface area (Å²) in [5.74, 6) is 0.477. The first-order valence-corrected chi connectivity index (χ1v) is 15.3. The van der Waals surface area contributed by atoms with Crippen LogP contribution in [0, 0.1) is 31.6 Å². The van der Waals surface area contributed by atoms with Crippen molar-refractivity contribution in [2.24, 2.45) is 17.8 Å². The van der Waals surface area contributed by atoms with Crippen LogP contribution in [0.3, 0.4) is 0 Å². The predicted molar refractivity (Wildman–Crippen MR) is 157 cm³/mol. The quantitative estimate of drug-likeness (QED) is 0.372. The Morgan fingerprint density at radius 1 is 1.02 bits per heavy atom. The summed E-state index contributed by atoms with van der Waals surface area (Å²) in [5.41, 5.74) is 5.73. The summed E-state index contributed by atoms with van der Waals surface area (Å²) in [4.78, 5) is 33.9.